The van der Waals surface area contributed by atoms with Gasteiger partial charge in [0.15, 0.2) is 6.10 Å². The minimum Gasteiger partial charge on any atom is -0.471 e. The molecule has 0 bridgehead atoms. The fraction of sp³-hybridized carbons (Fsp3) is 0.207. The Bertz CT molecular complexity index is 1750. The van der Waals surface area contributed by atoms with E-state index < -0.39 is 36.0 Å². The molecule has 5 aromatic rings. The van der Waals surface area contributed by atoms with Crippen molar-refractivity contribution in [3.63, 3.8) is 0 Å². The Morgan fingerprint density at radius 3 is 1.82 bits per heavy atom. The average Bonchev–Trinajstić information content (AvgIpc) is 3.88. The number of rotatable bonds is 8. The van der Waals surface area contributed by atoms with Gasteiger partial charge in [0.2, 0.25) is 0 Å². The van der Waals surface area contributed by atoms with Crippen LogP contribution in [0.25, 0.3) is 11.4 Å². The molecule has 2 atom stereocenters. The summed E-state index contributed by atoms with van der Waals surface area (Å²) in [6, 6.07) is 10.5. The van der Waals surface area contributed by atoms with Crippen molar-refractivity contribution in [1.82, 2.24) is 24.3 Å². The number of benzene rings is 2. The van der Waals surface area contributed by atoms with E-state index in [4.69, 9.17) is 19.3 Å². The van der Waals surface area contributed by atoms with Crippen molar-refractivity contribution in [3.05, 3.63) is 97.8 Å². The maximum Gasteiger partial charge on any atom is 0.414 e. The van der Waals surface area contributed by atoms with Gasteiger partial charge >= 0.3 is 12.2 Å². The van der Waals surface area contributed by atoms with Gasteiger partial charge in [-0.1, -0.05) is 0 Å². The molecule has 0 spiro atoms. The molecular weight excluding hydrogens is 596 g/mol. The van der Waals surface area contributed by atoms with E-state index in [0.29, 0.717) is 28.6 Å². The van der Waals surface area contributed by atoms with Crippen molar-refractivity contribution in [3.8, 4) is 17.3 Å². The second-order valence-electron chi connectivity index (χ2n) is 9.78. The fourth-order valence-corrected chi connectivity index (χ4v) is 4.65. The van der Waals surface area contributed by atoms with E-state index in [2.05, 4.69) is 19.6 Å². The highest BCUT2D eigenvalue weighted by Gasteiger charge is 2.34. The summed E-state index contributed by atoms with van der Waals surface area (Å²) < 4.78 is 51.7. The summed E-state index contributed by atoms with van der Waals surface area (Å²) in [7, 11) is 0. The molecule has 14 nitrogen and oxygen atoms in total. The van der Waals surface area contributed by atoms with E-state index in [1.165, 1.54) is 45.4 Å². The van der Waals surface area contributed by atoms with Crippen LogP contribution in [0.5, 0.6) is 5.88 Å². The minimum atomic E-state index is -0.584. The zero-order valence-corrected chi connectivity index (χ0v) is 23.3. The van der Waals surface area contributed by atoms with Crippen LogP contribution in [0.2, 0.25) is 0 Å². The second kappa shape index (κ2) is 12.8. The van der Waals surface area contributed by atoms with Gasteiger partial charge in [-0.15, -0.1) is 0 Å². The van der Waals surface area contributed by atoms with Crippen molar-refractivity contribution in [2.45, 2.75) is 12.2 Å². The smallest absolute Gasteiger partial charge is 0.414 e. The maximum absolute atomic E-state index is 14.4. The molecule has 3 aromatic heterocycles. The molecule has 2 saturated heterocycles. The number of anilines is 2. The lowest BCUT2D eigenvalue weighted by Crippen LogP contribution is -2.26. The monoisotopic (exact) mass is 621 g/mol. The molecular formula is C29H25F2N7O7. The number of aliphatic hydroxyl groups is 1. The molecule has 16 heteroatoms. The van der Waals surface area contributed by atoms with Gasteiger partial charge in [-0.2, -0.15) is 0 Å². The molecule has 7 rings (SSSR count). The first kappa shape index (κ1) is 29.3. The van der Waals surface area contributed by atoms with Gasteiger partial charge in [0, 0.05) is 30.9 Å². The van der Waals surface area contributed by atoms with Crippen LogP contribution in [0.1, 0.15) is 0 Å². The first-order valence-corrected chi connectivity index (χ1v) is 13.6. The molecule has 2 aliphatic rings. The zero-order valence-electron chi connectivity index (χ0n) is 23.3. The summed E-state index contributed by atoms with van der Waals surface area (Å²) in [6.07, 6.45) is 8.56. The summed E-state index contributed by atoms with van der Waals surface area (Å²) >= 11 is 0. The van der Waals surface area contributed by atoms with Gasteiger partial charge in [0.1, 0.15) is 30.6 Å². The number of cyclic esters (lactones) is 2. The van der Waals surface area contributed by atoms with Crippen LogP contribution < -0.4 is 14.5 Å². The lowest BCUT2D eigenvalue weighted by Gasteiger charge is -2.14. The van der Waals surface area contributed by atoms with Crippen LogP contribution >= 0.6 is 0 Å². The van der Waals surface area contributed by atoms with E-state index >= 15 is 0 Å². The van der Waals surface area contributed by atoms with Crippen LogP contribution in [0.15, 0.2) is 90.7 Å². The third-order valence-electron chi connectivity index (χ3n) is 6.83. The van der Waals surface area contributed by atoms with Gasteiger partial charge < -0.3 is 33.0 Å². The molecule has 0 saturated carbocycles. The summed E-state index contributed by atoms with van der Waals surface area (Å²) in [5.74, 6) is -0.628. The normalized spacial score (nSPS) is 17.6. The number of nitrogens with zero attached hydrogens (tertiary/aromatic N) is 7. The van der Waals surface area contributed by atoms with Crippen molar-refractivity contribution in [1.29, 1.82) is 0 Å². The van der Waals surface area contributed by atoms with Crippen molar-refractivity contribution in [2.75, 3.05) is 36.1 Å². The lowest BCUT2D eigenvalue weighted by atomic mass is 10.2. The van der Waals surface area contributed by atoms with Gasteiger partial charge in [-0.05, 0) is 41.6 Å². The lowest BCUT2D eigenvalue weighted by molar-refractivity contribution is 0.0963. The van der Waals surface area contributed by atoms with Gasteiger partial charge in [-0.25, -0.2) is 28.3 Å². The summed E-state index contributed by atoms with van der Waals surface area (Å²) in [4.78, 5) is 34.1. The van der Waals surface area contributed by atoms with Crippen LogP contribution in [-0.4, -0.2) is 80.1 Å². The maximum atomic E-state index is 14.4. The number of carbonyl (C=O) groups excluding carboxylic acids is 2. The minimum absolute atomic E-state index is 0.129. The third kappa shape index (κ3) is 6.45. The molecule has 2 aliphatic heterocycles. The predicted molar refractivity (Wildman–Crippen MR) is 151 cm³/mol. The Kier molecular flexibility index (Phi) is 8.37. The number of carbonyl (C=O) groups is 2. The zero-order chi connectivity index (χ0) is 31.3. The molecule has 1 N–H and O–H groups in total. The number of imidazole rings is 2. The van der Waals surface area contributed by atoms with Crippen LogP contribution in [0, 0.1) is 11.6 Å². The second-order valence-corrected chi connectivity index (χ2v) is 9.78. The molecule has 0 radical (unpaired) electrons. The number of amides is 2. The SMILES string of the molecule is O=C1O[C@@H](CO)CN1c1ccc(-n2ccnc2)c(F)c1.O=C1O[C@@H](COc2ccon2)CN1c1ccc(-n2ccnc2)c(F)c1. The number of halogens is 2. The van der Waals surface area contributed by atoms with E-state index in [-0.39, 0.29) is 26.3 Å². The summed E-state index contributed by atoms with van der Waals surface area (Å²) in [5.41, 5.74) is 1.50. The molecule has 0 aliphatic carbocycles. The standard InChI is InChI=1S/C16H13FN4O4.C13H12FN3O3/c17-13-7-11(1-2-14(13)20-5-4-18-10-20)21-8-12(25-16(21)22)9-23-15-3-6-24-19-15;14-11-5-9(17-6-10(7-18)20-13(17)19)1-2-12(11)16-4-3-15-8-16/h1-7,10,12H,8-9H2;1-5,8,10,18H,6-7H2/t12-;10-/m11/s1. The Hall–Kier alpha value is -5.77. The van der Waals surface area contributed by atoms with Crippen molar-refractivity contribution < 1.29 is 42.2 Å². The van der Waals surface area contributed by atoms with Gasteiger partial charge in [0.05, 0.1) is 55.1 Å². The summed E-state index contributed by atoms with van der Waals surface area (Å²) in [6.45, 7) is 0.335. The summed E-state index contributed by atoms with van der Waals surface area (Å²) in [5, 5.41) is 12.6. The quantitative estimate of drug-likeness (QED) is 0.272. The van der Waals surface area contributed by atoms with Crippen molar-refractivity contribution in [2.24, 2.45) is 0 Å². The number of hydrogen-bond acceptors (Lipinski definition) is 10. The molecule has 232 valence electrons. The highest BCUT2D eigenvalue weighted by atomic mass is 19.1. The molecule has 2 fully saturated rings. The first-order chi connectivity index (χ1) is 21.9. The molecule has 2 aromatic carbocycles. The number of aromatic nitrogens is 5. The van der Waals surface area contributed by atoms with E-state index in [1.54, 1.807) is 59.7 Å². The highest BCUT2D eigenvalue weighted by Crippen LogP contribution is 2.27. The van der Waals surface area contributed by atoms with Crippen LogP contribution in [0.4, 0.5) is 29.7 Å². The van der Waals surface area contributed by atoms with Gasteiger partial charge in [0.25, 0.3) is 5.88 Å². The van der Waals surface area contributed by atoms with Crippen LogP contribution in [-0.2, 0) is 9.47 Å². The van der Waals surface area contributed by atoms with Crippen molar-refractivity contribution >= 4 is 23.6 Å². The first-order valence-electron chi connectivity index (χ1n) is 13.6. The van der Waals surface area contributed by atoms with Gasteiger partial charge in [-0.3, -0.25) is 9.80 Å². The predicted octanol–water partition coefficient (Wildman–Crippen LogP) is 3.73. The molecule has 2 amide bonds. The number of hydrogen-bond donors (Lipinski definition) is 1. The largest absolute Gasteiger partial charge is 0.471 e. The molecule has 5 heterocycles. The Balaban J connectivity index is 0.000000163. The van der Waals surface area contributed by atoms with E-state index in [9.17, 15) is 18.4 Å². The third-order valence-corrected chi connectivity index (χ3v) is 6.83. The number of aliphatic hydroxyl groups excluding tert-OH is 1. The Labute approximate surface area is 253 Å². The average molecular weight is 622 g/mol. The molecule has 45 heavy (non-hydrogen) atoms. The Morgan fingerprint density at radius 2 is 1.38 bits per heavy atom. The highest BCUT2D eigenvalue weighted by molar-refractivity contribution is 5.90. The Morgan fingerprint density at radius 1 is 0.822 bits per heavy atom. The number of ether oxygens (including phenoxy) is 3. The molecule has 0 unspecified atom stereocenters. The van der Waals surface area contributed by atoms with E-state index in [1.807, 2.05) is 0 Å². The fourth-order valence-electron chi connectivity index (χ4n) is 4.65. The van der Waals surface area contributed by atoms with Crippen LogP contribution in [0.3, 0.4) is 0 Å². The van der Waals surface area contributed by atoms with E-state index in [0.717, 1.165) is 0 Å². The topological polar surface area (TPSA) is 150 Å².